The molecule has 11 heteroatoms. The number of ether oxygens (including phenoxy) is 1. The minimum atomic E-state index is -3.77. The molecule has 0 radical (unpaired) electrons. The summed E-state index contributed by atoms with van der Waals surface area (Å²) in [6.45, 7) is 4.04. The monoisotopic (exact) mass is 520 g/mol. The highest BCUT2D eigenvalue weighted by Crippen LogP contribution is 2.31. The number of amides is 1. The molecule has 1 atom stereocenters. The van der Waals surface area contributed by atoms with Crippen LogP contribution in [-0.4, -0.2) is 54.5 Å². The molecule has 1 aliphatic carbocycles. The molecule has 5 rings (SSSR count). The van der Waals surface area contributed by atoms with E-state index < -0.39 is 27.0 Å². The van der Waals surface area contributed by atoms with Gasteiger partial charge >= 0.3 is 0 Å². The largest absolute Gasteiger partial charge is 0.497 e. The number of fused-ring (bicyclic) bond motifs is 1. The molecule has 1 aromatic heterocycles. The van der Waals surface area contributed by atoms with Crippen LogP contribution >= 0.6 is 11.6 Å². The molecule has 3 aromatic rings. The molecular weight excluding hydrogens is 495 g/mol. The van der Waals surface area contributed by atoms with Gasteiger partial charge in [-0.3, -0.25) is 14.4 Å². The van der Waals surface area contributed by atoms with E-state index in [2.05, 4.69) is 10.00 Å². The van der Waals surface area contributed by atoms with Crippen LogP contribution in [0.25, 0.3) is 10.9 Å². The summed E-state index contributed by atoms with van der Waals surface area (Å²) in [6.07, 6.45) is 1.86. The number of likely N-dealkylation sites (tertiary alicyclic amines) is 1. The van der Waals surface area contributed by atoms with Crippen LogP contribution in [0.1, 0.15) is 46.9 Å². The van der Waals surface area contributed by atoms with Gasteiger partial charge in [0.05, 0.1) is 35.2 Å². The lowest BCUT2D eigenvalue weighted by atomic mass is 10.1. The molecule has 2 fully saturated rings. The number of sulfonamides is 1. The molecule has 2 heterocycles. The van der Waals surface area contributed by atoms with Gasteiger partial charge in [0.15, 0.2) is 0 Å². The zero-order valence-electron chi connectivity index (χ0n) is 19.4. The highest BCUT2D eigenvalue weighted by Gasteiger charge is 2.37. The number of methoxy groups -OCH3 is 1. The smallest absolute Gasteiger partial charge is 0.267 e. The fourth-order valence-corrected chi connectivity index (χ4v) is 6.19. The van der Waals surface area contributed by atoms with Gasteiger partial charge in [-0.1, -0.05) is 11.6 Å². The van der Waals surface area contributed by atoms with Crippen LogP contribution in [0.4, 0.5) is 4.39 Å². The maximum atomic E-state index is 15.0. The third kappa shape index (κ3) is 4.87. The van der Waals surface area contributed by atoms with E-state index in [1.54, 1.807) is 20.1 Å². The first kappa shape index (κ1) is 24.0. The third-order valence-corrected chi connectivity index (χ3v) is 8.63. The van der Waals surface area contributed by atoms with Crippen LogP contribution in [0.2, 0.25) is 5.02 Å². The normalized spacial score (nSPS) is 18.8. The number of rotatable bonds is 7. The van der Waals surface area contributed by atoms with Gasteiger partial charge in [-0.2, -0.15) is 5.10 Å². The summed E-state index contributed by atoms with van der Waals surface area (Å²) < 4.78 is 48.3. The second kappa shape index (κ2) is 9.07. The Labute approximate surface area is 208 Å². The van der Waals surface area contributed by atoms with E-state index in [1.807, 2.05) is 21.5 Å². The van der Waals surface area contributed by atoms with Gasteiger partial charge in [0, 0.05) is 36.1 Å². The Morgan fingerprint density at radius 2 is 2.00 bits per heavy atom. The van der Waals surface area contributed by atoms with Crippen LogP contribution in [0, 0.1) is 12.7 Å². The van der Waals surface area contributed by atoms with Gasteiger partial charge in [-0.05, 0) is 56.0 Å². The number of hydrogen-bond acceptors (Lipinski definition) is 6. The quantitative estimate of drug-likeness (QED) is 0.509. The number of hydrogen-bond donors (Lipinski definition) is 1. The zero-order valence-corrected chi connectivity index (χ0v) is 21.0. The first-order valence-electron chi connectivity index (χ1n) is 11.4. The van der Waals surface area contributed by atoms with E-state index in [4.69, 9.17) is 16.3 Å². The fraction of sp³-hybridized carbons (Fsp3) is 0.417. The van der Waals surface area contributed by atoms with Crippen molar-refractivity contribution in [2.24, 2.45) is 0 Å². The summed E-state index contributed by atoms with van der Waals surface area (Å²) in [6, 6.07) is 8.33. The van der Waals surface area contributed by atoms with Crippen molar-refractivity contribution in [1.29, 1.82) is 0 Å². The lowest BCUT2D eigenvalue weighted by Crippen LogP contribution is -2.33. The molecule has 1 saturated carbocycles. The second-order valence-electron chi connectivity index (χ2n) is 9.23. The number of aromatic nitrogens is 2. The van der Waals surface area contributed by atoms with Gasteiger partial charge in [-0.25, -0.2) is 17.5 Å². The summed E-state index contributed by atoms with van der Waals surface area (Å²) in [4.78, 5) is 14.8. The Balaban J connectivity index is 1.36. The highest BCUT2D eigenvalue weighted by atomic mass is 35.5. The lowest BCUT2D eigenvalue weighted by Gasteiger charge is -2.17. The maximum Gasteiger partial charge on any atom is 0.267 e. The number of benzene rings is 2. The molecule has 1 amide bonds. The number of aryl methyl sites for hydroxylation is 1. The van der Waals surface area contributed by atoms with Gasteiger partial charge in [-0.15, -0.1) is 0 Å². The zero-order chi connectivity index (χ0) is 24.9. The standard InChI is InChI=1S/C24H26ClFN4O4S/c1-14-20-10-21(24(31)28-35(32,33)19-3-4-19)22(26)11-23(20)30(27-14)17-5-6-29(13-17)12-15-7-16(25)9-18(8-15)34-2/h7-11,17,19H,3-6,12-13H2,1-2H3,(H,28,31)/t17-/m1/s1. The Morgan fingerprint density at radius 3 is 2.71 bits per heavy atom. The molecule has 1 N–H and O–H groups in total. The van der Waals surface area contributed by atoms with Crippen molar-refractivity contribution >= 4 is 38.4 Å². The molecule has 0 bridgehead atoms. The van der Waals surface area contributed by atoms with Crippen molar-refractivity contribution in [3.05, 3.63) is 58.0 Å². The van der Waals surface area contributed by atoms with Crippen LogP contribution < -0.4 is 9.46 Å². The van der Waals surface area contributed by atoms with E-state index in [0.29, 0.717) is 53.3 Å². The van der Waals surface area contributed by atoms with E-state index in [-0.39, 0.29) is 11.6 Å². The predicted molar refractivity (Wildman–Crippen MR) is 131 cm³/mol. The van der Waals surface area contributed by atoms with E-state index in [9.17, 15) is 17.6 Å². The molecule has 2 aliphatic rings. The van der Waals surface area contributed by atoms with E-state index in [1.165, 1.54) is 12.1 Å². The minimum absolute atomic E-state index is 0.0293. The van der Waals surface area contributed by atoms with E-state index in [0.717, 1.165) is 18.5 Å². The Kier molecular flexibility index (Phi) is 6.23. The van der Waals surface area contributed by atoms with Crippen molar-refractivity contribution in [2.75, 3.05) is 20.2 Å². The molecule has 35 heavy (non-hydrogen) atoms. The third-order valence-electron chi connectivity index (χ3n) is 6.59. The number of nitrogens with zero attached hydrogens (tertiary/aromatic N) is 3. The molecule has 1 aliphatic heterocycles. The average molecular weight is 521 g/mol. The molecule has 0 spiro atoms. The van der Waals surface area contributed by atoms with Crippen molar-refractivity contribution in [3.8, 4) is 5.75 Å². The minimum Gasteiger partial charge on any atom is -0.497 e. The summed E-state index contributed by atoms with van der Waals surface area (Å²) in [5, 5.41) is 5.31. The highest BCUT2D eigenvalue weighted by molar-refractivity contribution is 7.91. The van der Waals surface area contributed by atoms with Gasteiger partial charge in [0.2, 0.25) is 10.0 Å². The fourth-order valence-electron chi connectivity index (χ4n) is 4.65. The van der Waals surface area contributed by atoms with Crippen LogP contribution in [0.5, 0.6) is 5.75 Å². The molecular formula is C24H26ClFN4O4S. The van der Waals surface area contributed by atoms with Gasteiger partial charge < -0.3 is 4.74 Å². The topological polar surface area (TPSA) is 93.5 Å². The molecule has 2 aromatic carbocycles. The number of carbonyl (C=O) groups excluding carboxylic acids is 1. The molecule has 8 nitrogen and oxygen atoms in total. The van der Waals surface area contributed by atoms with Crippen molar-refractivity contribution in [1.82, 2.24) is 19.4 Å². The van der Waals surface area contributed by atoms with Gasteiger partial charge in [0.25, 0.3) is 5.91 Å². The first-order chi connectivity index (χ1) is 16.6. The molecule has 1 saturated heterocycles. The Bertz CT molecular complexity index is 1420. The average Bonchev–Trinajstić information content (AvgIpc) is 3.50. The SMILES string of the molecule is COc1cc(Cl)cc(CN2CC[C@@H](n3nc(C)c4cc(C(=O)NS(=O)(=O)C5CC5)c(F)cc43)C2)c1. The Hall–Kier alpha value is -2.69. The van der Waals surface area contributed by atoms with Crippen LogP contribution in [0.3, 0.4) is 0 Å². The number of carbonyl (C=O) groups is 1. The maximum absolute atomic E-state index is 15.0. The second-order valence-corrected chi connectivity index (χ2v) is 11.6. The first-order valence-corrected chi connectivity index (χ1v) is 13.4. The molecule has 0 unspecified atom stereocenters. The van der Waals surface area contributed by atoms with Crippen molar-refractivity contribution < 1.29 is 22.3 Å². The van der Waals surface area contributed by atoms with Crippen LogP contribution in [0.15, 0.2) is 30.3 Å². The molecule has 186 valence electrons. The summed E-state index contributed by atoms with van der Waals surface area (Å²) in [7, 11) is -2.17. The summed E-state index contributed by atoms with van der Waals surface area (Å²) in [5.74, 6) is -1.02. The van der Waals surface area contributed by atoms with Gasteiger partial charge in [0.1, 0.15) is 11.6 Å². The Morgan fingerprint density at radius 1 is 1.23 bits per heavy atom. The summed E-state index contributed by atoms with van der Waals surface area (Å²) >= 11 is 6.20. The van der Waals surface area contributed by atoms with Crippen molar-refractivity contribution in [3.63, 3.8) is 0 Å². The predicted octanol–water partition coefficient (Wildman–Crippen LogP) is 3.81. The summed E-state index contributed by atoms with van der Waals surface area (Å²) in [5.41, 5.74) is 1.97. The lowest BCUT2D eigenvalue weighted by molar-refractivity contribution is 0.0977. The van der Waals surface area contributed by atoms with Crippen molar-refractivity contribution in [2.45, 2.75) is 44.0 Å². The number of halogens is 2. The number of nitrogens with one attached hydrogen (secondary N) is 1. The van der Waals surface area contributed by atoms with Crippen LogP contribution in [-0.2, 0) is 16.6 Å². The van der Waals surface area contributed by atoms with E-state index >= 15 is 0 Å².